The third-order valence-electron chi connectivity index (χ3n) is 1.16. The number of carboxylic acid groups (broad SMARTS) is 1. The second-order valence-electron chi connectivity index (χ2n) is 2.16. The van der Waals surface area contributed by atoms with Crippen LogP contribution in [0.5, 0.6) is 0 Å². The van der Waals surface area contributed by atoms with E-state index in [2.05, 4.69) is 0 Å². The van der Waals surface area contributed by atoms with Crippen molar-refractivity contribution in [2.75, 3.05) is 12.0 Å². The van der Waals surface area contributed by atoms with Crippen molar-refractivity contribution in [2.45, 2.75) is 6.42 Å². The molecule has 0 saturated carbocycles. The molecule has 0 saturated heterocycles. The second-order valence-corrected chi connectivity index (χ2v) is 3.07. The van der Waals surface area contributed by atoms with Crippen LogP contribution in [-0.4, -0.2) is 29.0 Å². The molecule has 0 rings (SSSR count). The van der Waals surface area contributed by atoms with Crippen molar-refractivity contribution in [2.24, 2.45) is 11.7 Å². The zero-order chi connectivity index (χ0) is 8.85. The van der Waals surface area contributed by atoms with Crippen LogP contribution in [0.15, 0.2) is 0 Å². The molecule has 0 aromatic heterocycles. The summed E-state index contributed by atoms with van der Waals surface area (Å²) in [6.45, 7) is 0. The fourth-order valence-electron chi connectivity index (χ4n) is 0.662. The highest BCUT2D eigenvalue weighted by atomic mass is 32.2. The van der Waals surface area contributed by atoms with Crippen LogP contribution in [0, 0.1) is 5.92 Å². The molecule has 1 atom stereocenters. The first-order valence-corrected chi connectivity index (χ1v) is 4.47. The van der Waals surface area contributed by atoms with E-state index in [-0.39, 0.29) is 6.42 Å². The lowest BCUT2D eigenvalue weighted by Crippen LogP contribution is -2.24. The Morgan fingerprint density at radius 2 is 2.18 bits per heavy atom. The monoisotopic (exact) mass is 177 g/mol. The molecule has 0 unspecified atom stereocenters. The van der Waals surface area contributed by atoms with Crippen molar-refractivity contribution in [1.29, 1.82) is 0 Å². The first-order chi connectivity index (χ1) is 5.07. The van der Waals surface area contributed by atoms with Crippen LogP contribution in [0.3, 0.4) is 0 Å². The van der Waals surface area contributed by atoms with Crippen LogP contribution in [0.1, 0.15) is 6.42 Å². The number of nitrogens with two attached hydrogens (primary N) is 1. The van der Waals surface area contributed by atoms with Crippen LogP contribution in [0.4, 0.5) is 0 Å². The Balaban J connectivity index is 3.89. The topological polar surface area (TPSA) is 80.4 Å². The average Bonchev–Trinajstić information content (AvgIpc) is 1.86. The maximum absolute atomic E-state index is 10.4. The molecule has 64 valence electrons. The molecular weight excluding hydrogens is 166 g/mol. The summed E-state index contributed by atoms with van der Waals surface area (Å²) in [5.74, 6) is -1.73. The van der Waals surface area contributed by atoms with Gasteiger partial charge in [0.25, 0.3) is 0 Å². The summed E-state index contributed by atoms with van der Waals surface area (Å²) in [5, 5.41) is 8.53. The number of carbonyl (C=O) groups is 2. The maximum Gasteiger partial charge on any atom is 0.307 e. The highest BCUT2D eigenvalue weighted by molar-refractivity contribution is 7.98. The summed E-state index contributed by atoms with van der Waals surface area (Å²) in [5.41, 5.74) is 4.85. The molecule has 0 fully saturated rings. The fourth-order valence-corrected chi connectivity index (χ4v) is 1.32. The highest BCUT2D eigenvalue weighted by Gasteiger charge is 2.18. The van der Waals surface area contributed by atoms with E-state index in [1.54, 1.807) is 6.26 Å². The minimum absolute atomic E-state index is 0.0732. The summed E-state index contributed by atoms with van der Waals surface area (Å²) in [6.07, 6.45) is 1.72. The molecule has 0 spiro atoms. The molecule has 0 aliphatic rings. The number of hydrogen-bond donors (Lipinski definition) is 2. The smallest absolute Gasteiger partial charge is 0.307 e. The van der Waals surface area contributed by atoms with Crippen molar-refractivity contribution >= 4 is 23.6 Å². The van der Waals surface area contributed by atoms with Crippen molar-refractivity contribution in [3.63, 3.8) is 0 Å². The van der Waals surface area contributed by atoms with Gasteiger partial charge in [-0.2, -0.15) is 11.8 Å². The summed E-state index contributed by atoms with van der Waals surface area (Å²) < 4.78 is 0. The number of hydrogen-bond acceptors (Lipinski definition) is 3. The van der Waals surface area contributed by atoms with Crippen molar-refractivity contribution in [3.05, 3.63) is 0 Å². The quantitative estimate of drug-likeness (QED) is 0.615. The third kappa shape index (κ3) is 4.66. The van der Waals surface area contributed by atoms with E-state index in [9.17, 15) is 9.59 Å². The Bertz CT molecular complexity index is 160. The Morgan fingerprint density at radius 3 is 2.45 bits per heavy atom. The largest absolute Gasteiger partial charge is 0.481 e. The molecule has 0 aliphatic carbocycles. The van der Waals surface area contributed by atoms with Crippen molar-refractivity contribution in [1.82, 2.24) is 0 Å². The van der Waals surface area contributed by atoms with Crippen LogP contribution in [-0.2, 0) is 9.59 Å². The number of carbonyl (C=O) groups excluding carboxylic acids is 1. The second kappa shape index (κ2) is 5.01. The van der Waals surface area contributed by atoms with Crippen LogP contribution >= 0.6 is 11.8 Å². The number of rotatable bonds is 5. The van der Waals surface area contributed by atoms with Gasteiger partial charge in [0.15, 0.2) is 0 Å². The van der Waals surface area contributed by atoms with Crippen LogP contribution in [0.2, 0.25) is 0 Å². The van der Waals surface area contributed by atoms with Crippen molar-refractivity contribution < 1.29 is 14.7 Å². The summed E-state index contributed by atoms with van der Waals surface area (Å²) >= 11 is 1.39. The molecule has 0 radical (unpaired) electrons. The van der Waals surface area contributed by atoms with Gasteiger partial charge >= 0.3 is 5.97 Å². The summed E-state index contributed by atoms with van der Waals surface area (Å²) in [7, 11) is 0. The number of carboxylic acids is 1. The molecule has 0 aromatic rings. The minimum Gasteiger partial charge on any atom is -0.481 e. The third-order valence-corrected chi connectivity index (χ3v) is 1.90. The molecule has 0 aromatic carbocycles. The molecule has 3 N–H and O–H groups in total. The first-order valence-electron chi connectivity index (χ1n) is 3.08. The number of thioether (sulfide) groups is 1. The summed E-state index contributed by atoms with van der Waals surface area (Å²) in [6, 6.07) is 0. The molecule has 5 heteroatoms. The molecule has 4 nitrogen and oxygen atoms in total. The highest BCUT2D eigenvalue weighted by Crippen LogP contribution is 2.09. The van der Waals surface area contributed by atoms with Crippen LogP contribution in [0.25, 0.3) is 0 Å². The van der Waals surface area contributed by atoms with E-state index in [1.165, 1.54) is 11.8 Å². The Kier molecular flexibility index (Phi) is 4.69. The van der Waals surface area contributed by atoms with Crippen LogP contribution < -0.4 is 5.73 Å². The fraction of sp³-hybridized carbons (Fsp3) is 0.667. The Hall–Kier alpha value is -0.710. The van der Waals surface area contributed by atoms with Gasteiger partial charge in [0.05, 0.1) is 5.92 Å². The zero-order valence-corrected chi connectivity index (χ0v) is 7.06. The van der Waals surface area contributed by atoms with Gasteiger partial charge in [-0.05, 0) is 6.26 Å². The van der Waals surface area contributed by atoms with E-state index in [0.29, 0.717) is 5.75 Å². The van der Waals surface area contributed by atoms with Gasteiger partial charge in [-0.1, -0.05) is 0 Å². The van der Waals surface area contributed by atoms with Crippen molar-refractivity contribution in [3.8, 4) is 0 Å². The average molecular weight is 177 g/mol. The SMILES string of the molecule is CSC[C@@H](CC(N)=O)C(=O)O. The van der Waals surface area contributed by atoms with Gasteiger partial charge in [0.2, 0.25) is 5.91 Å². The predicted molar refractivity (Wildman–Crippen MR) is 43.3 cm³/mol. The molecule has 11 heavy (non-hydrogen) atoms. The van der Waals surface area contributed by atoms with Gasteiger partial charge in [0.1, 0.15) is 0 Å². The molecule has 0 bridgehead atoms. The Morgan fingerprint density at radius 1 is 1.64 bits per heavy atom. The molecule has 0 heterocycles. The van der Waals surface area contributed by atoms with Gasteiger partial charge in [0, 0.05) is 12.2 Å². The lowest BCUT2D eigenvalue weighted by molar-refractivity contribution is -0.142. The predicted octanol–water partition coefficient (Wildman–Crippen LogP) is -0.0744. The van der Waals surface area contributed by atoms with Gasteiger partial charge in [-0.15, -0.1) is 0 Å². The maximum atomic E-state index is 10.4. The van der Waals surface area contributed by atoms with E-state index in [4.69, 9.17) is 10.8 Å². The van der Waals surface area contributed by atoms with E-state index in [0.717, 1.165) is 0 Å². The lowest BCUT2D eigenvalue weighted by Gasteiger charge is -2.06. The normalized spacial score (nSPS) is 12.5. The lowest BCUT2D eigenvalue weighted by atomic mass is 10.1. The van der Waals surface area contributed by atoms with Gasteiger partial charge in [-0.25, -0.2) is 0 Å². The zero-order valence-electron chi connectivity index (χ0n) is 6.24. The standard InChI is InChI=1S/C6H11NO3S/c1-11-3-4(6(9)10)2-5(7)8/h4H,2-3H2,1H3,(H2,7,8)(H,9,10)/t4-/m1/s1. The number of aliphatic carboxylic acids is 1. The molecular formula is C6H11NO3S. The number of amides is 1. The first kappa shape index (κ1) is 10.3. The summed E-state index contributed by atoms with van der Waals surface area (Å²) in [4.78, 5) is 20.7. The van der Waals surface area contributed by atoms with Gasteiger partial charge < -0.3 is 10.8 Å². The van der Waals surface area contributed by atoms with E-state index < -0.39 is 17.8 Å². The number of primary amides is 1. The van der Waals surface area contributed by atoms with E-state index >= 15 is 0 Å². The Labute approximate surface area is 69.1 Å². The van der Waals surface area contributed by atoms with E-state index in [1.807, 2.05) is 0 Å². The van der Waals surface area contributed by atoms with Gasteiger partial charge in [-0.3, -0.25) is 9.59 Å². The minimum atomic E-state index is -0.960. The molecule has 0 aliphatic heterocycles. The molecule has 1 amide bonds.